The van der Waals surface area contributed by atoms with Crippen LogP contribution in [-0.2, 0) is 11.3 Å². The molecule has 2 heterocycles. The van der Waals surface area contributed by atoms with E-state index in [1.165, 1.54) is 6.33 Å². The number of hydrogen-bond donors (Lipinski definition) is 3. The van der Waals surface area contributed by atoms with Gasteiger partial charge >= 0.3 is 6.09 Å². The zero-order chi connectivity index (χ0) is 23.4. The molecule has 1 amide bonds. The maximum absolute atomic E-state index is 13.1. The molecule has 0 saturated heterocycles. The van der Waals surface area contributed by atoms with E-state index in [9.17, 15) is 9.59 Å². The van der Waals surface area contributed by atoms with Crippen LogP contribution in [0, 0.1) is 0 Å². The topological polar surface area (TPSA) is 109 Å². The van der Waals surface area contributed by atoms with Gasteiger partial charge in [-0.2, -0.15) is 0 Å². The van der Waals surface area contributed by atoms with Gasteiger partial charge in [-0.3, -0.25) is 4.79 Å². The second-order valence-corrected chi connectivity index (χ2v) is 8.52. The van der Waals surface area contributed by atoms with Crippen molar-refractivity contribution in [2.75, 3.05) is 5.32 Å². The van der Waals surface area contributed by atoms with Gasteiger partial charge < -0.3 is 20.4 Å². The van der Waals surface area contributed by atoms with Crippen LogP contribution < -0.4 is 10.6 Å². The number of ether oxygens (including phenoxy) is 1. The Kier molecular flexibility index (Phi) is 6.08. The minimum atomic E-state index is -0.558. The second-order valence-electron chi connectivity index (χ2n) is 8.52. The van der Waals surface area contributed by atoms with E-state index < -0.39 is 11.7 Å². The molecule has 2 aromatic heterocycles. The molecular formula is C25H25N5O3. The van der Waals surface area contributed by atoms with Crippen LogP contribution in [0.25, 0.3) is 11.0 Å². The molecule has 0 spiro atoms. The van der Waals surface area contributed by atoms with Crippen LogP contribution in [-0.4, -0.2) is 32.4 Å². The van der Waals surface area contributed by atoms with Crippen molar-refractivity contribution in [3.05, 3.63) is 83.8 Å². The number of nitrogens with one attached hydrogen (secondary N) is 3. The highest BCUT2D eigenvalue weighted by atomic mass is 16.6. The number of amides is 1. The van der Waals surface area contributed by atoms with Gasteiger partial charge in [-0.25, -0.2) is 14.8 Å². The summed E-state index contributed by atoms with van der Waals surface area (Å²) in [5, 5.41) is 6.64. The zero-order valence-electron chi connectivity index (χ0n) is 18.7. The minimum Gasteiger partial charge on any atom is -0.444 e. The molecule has 0 atom stereocenters. The summed E-state index contributed by atoms with van der Waals surface area (Å²) in [7, 11) is 0. The number of aromatic nitrogens is 3. The number of H-pyrrole nitrogens is 1. The predicted octanol–water partition coefficient (Wildman–Crippen LogP) is 4.96. The third kappa shape index (κ3) is 5.35. The molecule has 168 valence electrons. The Morgan fingerprint density at radius 2 is 1.82 bits per heavy atom. The molecule has 8 heteroatoms. The van der Waals surface area contributed by atoms with Gasteiger partial charge in [0.15, 0.2) is 5.78 Å². The van der Waals surface area contributed by atoms with Crippen molar-refractivity contribution in [2.45, 2.75) is 32.9 Å². The highest BCUT2D eigenvalue weighted by molar-refractivity contribution is 6.18. The smallest absolute Gasteiger partial charge is 0.407 e. The maximum Gasteiger partial charge on any atom is 0.407 e. The lowest BCUT2D eigenvalue weighted by atomic mass is 10.0. The average Bonchev–Trinajstić information content (AvgIpc) is 3.22. The van der Waals surface area contributed by atoms with E-state index >= 15 is 0 Å². The molecule has 0 aliphatic rings. The number of rotatable bonds is 6. The van der Waals surface area contributed by atoms with Gasteiger partial charge in [-0.1, -0.05) is 42.5 Å². The lowest BCUT2D eigenvalue weighted by molar-refractivity contribution is 0.0523. The molecule has 0 unspecified atom stereocenters. The molecule has 2 aromatic carbocycles. The lowest BCUT2D eigenvalue weighted by Crippen LogP contribution is -2.32. The van der Waals surface area contributed by atoms with Crippen molar-refractivity contribution >= 4 is 34.4 Å². The molecule has 0 fully saturated rings. The third-order valence-electron chi connectivity index (χ3n) is 4.78. The van der Waals surface area contributed by atoms with Gasteiger partial charge in [0, 0.05) is 24.0 Å². The van der Waals surface area contributed by atoms with E-state index in [0.29, 0.717) is 34.5 Å². The molecule has 33 heavy (non-hydrogen) atoms. The lowest BCUT2D eigenvalue weighted by Gasteiger charge is -2.19. The first-order valence-corrected chi connectivity index (χ1v) is 10.5. The van der Waals surface area contributed by atoms with Crippen molar-refractivity contribution in [3.8, 4) is 0 Å². The van der Waals surface area contributed by atoms with Gasteiger partial charge in [0.1, 0.15) is 23.4 Å². The quantitative estimate of drug-likeness (QED) is 0.364. The SMILES string of the molecule is CC(C)(C)OC(=O)NCc1cccc(Nc2ncnc3[nH]cc(C(=O)c4ccccc4)c23)c1. The Hall–Kier alpha value is -4.20. The number of alkyl carbamates (subject to hydrolysis) is 1. The van der Waals surface area contributed by atoms with Gasteiger partial charge in [0.05, 0.1) is 10.9 Å². The van der Waals surface area contributed by atoms with Crippen molar-refractivity contribution in [1.29, 1.82) is 0 Å². The van der Waals surface area contributed by atoms with Crippen LogP contribution >= 0.6 is 0 Å². The van der Waals surface area contributed by atoms with Gasteiger partial charge in [-0.15, -0.1) is 0 Å². The van der Waals surface area contributed by atoms with E-state index in [4.69, 9.17) is 4.74 Å². The predicted molar refractivity (Wildman–Crippen MR) is 127 cm³/mol. The molecular weight excluding hydrogens is 418 g/mol. The van der Waals surface area contributed by atoms with Crippen LogP contribution in [0.15, 0.2) is 67.1 Å². The first kappa shape index (κ1) is 22.0. The number of anilines is 2. The fraction of sp³-hybridized carbons (Fsp3) is 0.200. The largest absolute Gasteiger partial charge is 0.444 e. The number of carbonyl (C=O) groups is 2. The van der Waals surface area contributed by atoms with Crippen molar-refractivity contribution in [2.24, 2.45) is 0 Å². The minimum absolute atomic E-state index is 0.116. The molecule has 3 N–H and O–H groups in total. The van der Waals surface area contributed by atoms with Crippen molar-refractivity contribution in [1.82, 2.24) is 20.3 Å². The highest BCUT2D eigenvalue weighted by Crippen LogP contribution is 2.28. The molecule has 0 radical (unpaired) electrons. The van der Waals surface area contributed by atoms with Crippen LogP contribution in [0.5, 0.6) is 0 Å². The Balaban J connectivity index is 1.56. The Bertz CT molecular complexity index is 1290. The van der Waals surface area contributed by atoms with Gasteiger partial charge in [0.2, 0.25) is 0 Å². The summed E-state index contributed by atoms with van der Waals surface area (Å²) >= 11 is 0. The molecule has 0 aliphatic heterocycles. The zero-order valence-corrected chi connectivity index (χ0v) is 18.7. The van der Waals surface area contributed by atoms with E-state index in [0.717, 1.165) is 11.3 Å². The number of benzene rings is 2. The van der Waals surface area contributed by atoms with Crippen molar-refractivity contribution in [3.63, 3.8) is 0 Å². The van der Waals surface area contributed by atoms with Gasteiger partial charge in [0.25, 0.3) is 0 Å². The van der Waals surface area contributed by atoms with Crippen molar-refractivity contribution < 1.29 is 14.3 Å². The fourth-order valence-electron chi connectivity index (χ4n) is 3.37. The molecule has 4 rings (SSSR count). The summed E-state index contributed by atoms with van der Waals surface area (Å²) in [6.45, 7) is 5.76. The highest BCUT2D eigenvalue weighted by Gasteiger charge is 2.19. The Morgan fingerprint density at radius 3 is 2.58 bits per heavy atom. The van der Waals surface area contributed by atoms with E-state index in [2.05, 4.69) is 25.6 Å². The standard InChI is InChI=1S/C25H25N5O3/c1-25(2,3)33-24(32)27-13-16-8-7-11-18(12-16)30-23-20-19(14-26-22(20)28-15-29-23)21(31)17-9-5-4-6-10-17/h4-12,14-15H,13H2,1-3H3,(H,27,32)(H2,26,28,29,30). The normalized spacial score (nSPS) is 11.2. The van der Waals surface area contributed by atoms with Crippen LogP contribution in [0.4, 0.5) is 16.3 Å². The first-order chi connectivity index (χ1) is 15.8. The summed E-state index contributed by atoms with van der Waals surface area (Å²) in [5.74, 6) is 0.396. The monoisotopic (exact) mass is 443 g/mol. The maximum atomic E-state index is 13.1. The van der Waals surface area contributed by atoms with Crippen LogP contribution in [0.1, 0.15) is 42.3 Å². The number of hydrogen-bond acceptors (Lipinski definition) is 6. The Morgan fingerprint density at radius 1 is 1.03 bits per heavy atom. The summed E-state index contributed by atoms with van der Waals surface area (Å²) in [5.41, 5.74) is 2.72. The first-order valence-electron chi connectivity index (χ1n) is 10.5. The molecule has 0 bridgehead atoms. The molecule has 0 aliphatic carbocycles. The van der Waals surface area contributed by atoms with Gasteiger partial charge in [-0.05, 0) is 38.5 Å². The van der Waals surface area contributed by atoms with E-state index in [1.807, 2.05) is 63.2 Å². The number of nitrogens with zero attached hydrogens (tertiary/aromatic N) is 2. The summed E-state index contributed by atoms with van der Waals surface area (Å²) in [6, 6.07) is 16.6. The number of carbonyl (C=O) groups excluding carboxylic acids is 2. The van der Waals surface area contributed by atoms with E-state index in [1.54, 1.807) is 18.3 Å². The molecule has 4 aromatic rings. The number of ketones is 1. The van der Waals surface area contributed by atoms with Crippen LogP contribution in [0.3, 0.4) is 0 Å². The number of aromatic amines is 1. The third-order valence-corrected chi connectivity index (χ3v) is 4.78. The average molecular weight is 444 g/mol. The molecule has 8 nitrogen and oxygen atoms in total. The van der Waals surface area contributed by atoms with Crippen LogP contribution in [0.2, 0.25) is 0 Å². The molecule has 0 saturated carbocycles. The summed E-state index contributed by atoms with van der Waals surface area (Å²) in [6.07, 6.45) is 2.61. The fourth-order valence-corrected chi connectivity index (χ4v) is 3.37. The number of fused-ring (bicyclic) bond motifs is 1. The summed E-state index contributed by atoms with van der Waals surface area (Å²) in [4.78, 5) is 36.7. The Labute approximate surface area is 191 Å². The van der Waals surface area contributed by atoms with E-state index in [-0.39, 0.29) is 5.78 Å². The summed E-state index contributed by atoms with van der Waals surface area (Å²) < 4.78 is 5.28. The second kappa shape index (κ2) is 9.12.